The molecule has 0 unspecified atom stereocenters. The van der Waals surface area contributed by atoms with Gasteiger partial charge in [-0.2, -0.15) is 0 Å². The maximum Gasteiger partial charge on any atom is 0.311 e. The molecule has 3 rings (SSSR count). The first-order chi connectivity index (χ1) is 10.2. The Morgan fingerprint density at radius 1 is 1.14 bits per heavy atom. The van der Waals surface area contributed by atoms with Crippen LogP contribution in [0.5, 0.6) is 0 Å². The second-order valence-corrected chi connectivity index (χ2v) is 5.52. The predicted molar refractivity (Wildman–Crippen MR) is 79.5 cm³/mol. The summed E-state index contributed by atoms with van der Waals surface area (Å²) in [6.07, 6.45) is 0.186. The van der Waals surface area contributed by atoms with Gasteiger partial charge in [0.15, 0.2) is 12.4 Å². The van der Waals surface area contributed by atoms with E-state index < -0.39 is 5.97 Å². The van der Waals surface area contributed by atoms with Crippen LogP contribution in [0, 0.1) is 0 Å². The molecule has 0 radical (unpaired) electrons. The molecule has 0 atom stereocenters. The number of ketones is 1. The molecule has 0 spiro atoms. The molecule has 21 heavy (non-hydrogen) atoms. The van der Waals surface area contributed by atoms with Gasteiger partial charge in [0.25, 0.3) is 0 Å². The molecule has 106 valence electrons. The van der Waals surface area contributed by atoms with Crippen LogP contribution in [0.25, 0.3) is 11.0 Å². The van der Waals surface area contributed by atoms with Crippen molar-refractivity contribution in [3.05, 3.63) is 58.5 Å². The van der Waals surface area contributed by atoms with Crippen molar-refractivity contribution in [3.63, 3.8) is 0 Å². The van der Waals surface area contributed by atoms with E-state index in [0.717, 1.165) is 10.3 Å². The van der Waals surface area contributed by atoms with Crippen molar-refractivity contribution in [2.45, 2.75) is 6.42 Å². The van der Waals surface area contributed by atoms with Crippen LogP contribution in [0.15, 0.2) is 52.3 Å². The summed E-state index contributed by atoms with van der Waals surface area (Å²) in [5.41, 5.74) is 0.644. The Bertz CT molecular complexity index is 738. The van der Waals surface area contributed by atoms with Crippen molar-refractivity contribution in [2.75, 3.05) is 6.61 Å². The van der Waals surface area contributed by atoms with Crippen molar-refractivity contribution >= 4 is 34.1 Å². The number of Topliss-reactive ketones (excluding diaryl/α,β-unsaturated/α-hetero) is 1. The fraction of sp³-hybridized carbons (Fsp3) is 0.125. The standard InChI is InChI=1S/C16H12O4S/c17-13(10-19-16(18)9-12-5-3-7-21-12)15-8-11-4-1-2-6-14(11)20-15/h1-8H,9-10H2. The zero-order chi connectivity index (χ0) is 14.7. The summed E-state index contributed by atoms with van der Waals surface area (Å²) in [6, 6.07) is 12.7. The number of para-hydroxylation sites is 1. The normalized spacial score (nSPS) is 10.7. The number of hydrogen-bond donors (Lipinski definition) is 0. The Morgan fingerprint density at radius 3 is 2.76 bits per heavy atom. The van der Waals surface area contributed by atoms with Gasteiger partial charge in [0.05, 0.1) is 6.42 Å². The van der Waals surface area contributed by atoms with Crippen molar-refractivity contribution in [1.82, 2.24) is 0 Å². The number of fused-ring (bicyclic) bond motifs is 1. The van der Waals surface area contributed by atoms with Crippen LogP contribution >= 0.6 is 11.3 Å². The summed E-state index contributed by atoms with van der Waals surface area (Å²) in [5, 5.41) is 2.74. The first-order valence-corrected chi connectivity index (χ1v) is 7.30. The first kappa shape index (κ1) is 13.6. The first-order valence-electron chi connectivity index (χ1n) is 6.42. The largest absolute Gasteiger partial charge is 0.457 e. The van der Waals surface area contributed by atoms with Gasteiger partial charge in [-0.1, -0.05) is 24.3 Å². The summed E-state index contributed by atoms with van der Waals surface area (Å²) in [6.45, 7) is -0.302. The van der Waals surface area contributed by atoms with Crippen molar-refractivity contribution in [2.24, 2.45) is 0 Å². The van der Waals surface area contributed by atoms with Gasteiger partial charge in [0.2, 0.25) is 5.78 Å². The van der Waals surface area contributed by atoms with E-state index >= 15 is 0 Å². The van der Waals surface area contributed by atoms with E-state index in [4.69, 9.17) is 9.15 Å². The number of benzene rings is 1. The number of thiophene rings is 1. The second-order valence-electron chi connectivity index (χ2n) is 4.49. The zero-order valence-corrected chi connectivity index (χ0v) is 11.9. The lowest BCUT2D eigenvalue weighted by atomic mass is 10.2. The van der Waals surface area contributed by atoms with E-state index in [1.54, 1.807) is 12.1 Å². The summed E-state index contributed by atoms with van der Waals surface area (Å²) < 4.78 is 10.4. The zero-order valence-electron chi connectivity index (χ0n) is 11.1. The van der Waals surface area contributed by atoms with Crippen LogP contribution in [0.3, 0.4) is 0 Å². The Kier molecular flexibility index (Phi) is 3.83. The highest BCUT2D eigenvalue weighted by molar-refractivity contribution is 7.10. The molecule has 2 heterocycles. The summed E-state index contributed by atoms with van der Waals surface area (Å²) in [5.74, 6) is -0.548. The summed E-state index contributed by atoms with van der Waals surface area (Å²) in [4.78, 5) is 24.5. The minimum absolute atomic E-state index is 0.186. The molecule has 2 aromatic heterocycles. The third-order valence-corrected chi connectivity index (χ3v) is 3.84. The SMILES string of the molecule is O=C(Cc1cccs1)OCC(=O)c1cc2ccccc2o1. The molecule has 0 saturated heterocycles. The van der Waals surface area contributed by atoms with Crippen LogP contribution in [0.2, 0.25) is 0 Å². The van der Waals surface area contributed by atoms with Crippen LogP contribution in [0.1, 0.15) is 15.4 Å². The Hall–Kier alpha value is -2.40. The average molecular weight is 300 g/mol. The van der Waals surface area contributed by atoms with Gasteiger partial charge in [0.1, 0.15) is 5.58 Å². The van der Waals surface area contributed by atoms with Gasteiger partial charge in [-0.3, -0.25) is 9.59 Å². The fourth-order valence-electron chi connectivity index (χ4n) is 1.94. The molecule has 0 saturated carbocycles. The van der Waals surface area contributed by atoms with Gasteiger partial charge < -0.3 is 9.15 Å². The van der Waals surface area contributed by atoms with E-state index in [0.29, 0.717) is 5.58 Å². The summed E-state index contributed by atoms with van der Waals surface area (Å²) in [7, 11) is 0. The average Bonchev–Trinajstić information content (AvgIpc) is 3.13. The van der Waals surface area contributed by atoms with Gasteiger partial charge in [0, 0.05) is 10.3 Å². The number of esters is 1. The monoisotopic (exact) mass is 300 g/mol. The third kappa shape index (κ3) is 3.20. The molecule has 0 bridgehead atoms. The van der Waals surface area contributed by atoms with Crippen LogP contribution < -0.4 is 0 Å². The molecule has 0 N–H and O–H groups in total. The minimum atomic E-state index is -0.415. The molecule has 0 aliphatic heterocycles. The molecule has 0 amide bonds. The minimum Gasteiger partial charge on any atom is -0.457 e. The molecular weight excluding hydrogens is 288 g/mol. The van der Waals surface area contributed by atoms with E-state index in [1.165, 1.54) is 11.3 Å². The number of rotatable bonds is 5. The Balaban J connectivity index is 1.59. The van der Waals surface area contributed by atoms with Crippen LogP contribution in [-0.2, 0) is 16.0 Å². The Morgan fingerprint density at radius 2 is 2.00 bits per heavy atom. The number of carbonyl (C=O) groups excluding carboxylic acids is 2. The van der Waals surface area contributed by atoms with E-state index in [2.05, 4.69) is 0 Å². The van der Waals surface area contributed by atoms with E-state index in [-0.39, 0.29) is 24.6 Å². The topological polar surface area (TPSA) is 56.5 Å². The lowest BCUT2D eigenvalue weighted by Gasteiger charge is -2.01. The molecule has 3 aromatic rings. The van der Waals surface area contributed by atoms with Gasteiger partial charge in [-0.05, 0) is 23.6 Å². The maximum absolute atomic E-state index is 12.0. The second kappa shape index (κ2) is 5.93. The van der Waals surface area contributed by atoms with Crippen LogP contribution in [-0.4, -0.2) is 18.4 Å². The highest BCUT2D eigenvalue weighted by Gasteiger charge is 2.15. The molecule has 4 nitrogen and oxygen atoms in total. The lowest BCUT2D eigenvalue weighted by Crippen LogP contribution is -2.14. The molecule has 0 aliphatic rings. The number of furan rings is 1. The van der Waals surface area contributed by atoms with E-state index in [1.807, 2.05) is 35.7 Å². The van der Waals surface area contributed by atoms with Crippen molar-refractivity contribution < 1.29 is 18.7 Å². The molecule has 5 heteroatoms. The van der Waals surface area contributed by atoms with Gasteiger partial charge in [-0.15, -0.1) is 11.3 Å². The Labute approximate surface area is 125 Å². The molecular formula is C16H12O4S. The maximum atomic E-state index is 12.0. The highest BCUT2D eigenvalue weighted by atomic mass is 32.1. The number of ether oxygens (including phenoxy) is 1. The third-order valence-electron chi connectivity index (χ3n) is 2.96. The quantitative estimate of drug-likeness (QED) is 0.535. The highest BCUT2D eigenvalue weighted by Crippen LogP contribution is 2.19. The van der Waals surface area contributed by atoms with Crippen molar-refractivity contribution in [3.8, 4) is 0 Å². The van der Waals surface area contributed by atoms with Crippen LogP contribution in [0.4, 0.5) is 0 Å². The number of carbonyl (C=O) groups is 2. The molecule has 0 aliphatic carbocycles. The smallest absolute Gasteiger partial charge is 0.311 e. The van der Waals surface area contributed by atoms with E-state index in [9.17, 15) is 9.59 Å². The molecule has 0 fully saturated rings. The molecule has 1 aromatic carbocycles. The fourth-order valence-corrected chi connectivity index (χ4v) is 2.63. The number of hydrogen-bond acceptors (Lipinski definition) is 5. The lowest BCUT2D eigenvalue weighted by molar-refractivity contribution is -0.141. The summed E-state index contributed by atoms with van der Waals surface area (Å²) >= 11 is 1.48. The van der Waals surface area contributed by atoms with Gasteiger partial charge >= 0.3 is 5.97 Å². The van der Waals surface area contributed by atoms with Gasteiger partial charge in [-0.25, -0.2) is 0 Å². The van der Waals surface area contributed by atoms with Crippen molar-refractivity contribution in [1.29, 1.82) is 0 Å². The predicted octanol–water partition coefficient (Wildman–Crippen LogP) is 3.46.